The van der Waals surface area contributed by atoms with Gasteiger partial charge in [0.25, 0.3) is 0 Å². The highest BCUT2D eigenvalue weighted by molar-refractivity contribution is 14.1. The zero-order valence-electron chi connectivity index (χ0n) is 10.0. The van der Waals surface area contributed by atoms with Crippen LogP contribution in [0.5, 0.6) is 0 Å². The van der Waals surface area contributed by atoms with Crippen LogP contribution in [0.3, 0.4) is 0 Å². The molecule has 0 fully saturated rings. The number of benzene rings is 1. The maximum absolute atomic E-state index is 10.9. The number of halogens is 2. The molecule has 0 atom stereocenters. The van der Waals surface area contributed by atoms with Gasteiger partial charge in [0, 0.05) is 15.0 Å². The van der Waals surface area contributed by atoms with E-state index in [4.69, 9.17) is 16.7 Å². The molecule has 0 aliphatic carbocycles. The van der Waals surface area contributed by atoms with E-state index in [2.05, 4.69) is 27.9 Å². The van der Waals surface area contributed by atoms with Crippen LogP contribution in [-0.2, 0) is 6.54 Å². The molecular formula is C13H11ClINO2S. The number of carboxylic acid groups (broad SMARTS) is 1. The molecular weight excluding hydrogens is 397 g/mol. The van der Waals surface area contributed by atoms with Crippen molar-refractivity contribution in [2.24, 2.45) is 0 Å². The number of nitrogens with one attached hydrogen (secondary N) is 1. The minimum absolute atomic E-state index is 0.364. The fraction of sp³-hybridized carbons (Fsp3) is 0.154. The lowest BCUT2D eigenvalue weighted by Gasteiger charge is -2.08. The summed E-state index contributed by atoms with van der Waals surface area (Å²) in [6.07, 6.45) is 0. The highest BCUT2D eigenvalue weighted by Gasteiger charge is 2.11. The highest BCUT2D eigenvalue weighted by Crippen LogP contribution is 2.26. The summed E-state index contributed by atoms with van der Waals surface area (Å²) < 4.78 is 1.08. The molecule has 2 rings (SSSR count). The summed E-state index contributed by atoms with van der Waals surface area (Å²) >= 11 is 9.63. The minimum Gasteiger partial charge on any atom is -0.477 e. The molecule has 19 heavy (non-hydrogen) atoms. The Bertz CT molecular complexity index is 627. The molecule has 1 aromatic heterocycles. The molecule has 6 heteroatoms. The fourth-order valence-electron chi connectivity index (χ4n) is 1.62. The van der Waals surface area contributed by atoms with Crippen molar-refractivity contribution >= 4 is 57.2 Å². The van der Waals surface area contributed by atoms with Crippen LogP contribution in [0.15, 0.2) is 24.3 Å². The minimum atomic E-state index is -0.883. The quantitative estimate of drug-likeness (QED) is 0.727. The Morgan fingerprint density at radius 2 is 2.21 bits per heavy atom. The van der Waals surface area contributed by atoms with Crippen molar-refractivity contribution in [1.82, 2.24) is 0 Å². The van der Waals surface area contributed by atoms with Gasteiger partial charge < -0.3 is 10.4 Å². The van der Waals surface area contributed by atoms with E-state index in [1.54, 1.807) is 6.07 Å². The van der Waals surface area contributed by atoms with Crippen molar-refractivity contribution in [2.45, 2.75) is 13.5 Å². The monoisotopic (exact) mass is 407 g/mol. The lowest BCUT2D eigenvalue weighted by atomic mass is 10.2. The van der Waals surface area contributed by atoms with E-state index in [1.807, 2.05) is 25.1 Å². The Hall–Kier alpha value is -0.790. The Morgan fingerprint density at radius 1 is 1.47 bits per heavy atom. The van der Waals surface area contributed by atoms with Gasteiger partial charge in [-0.15, -0.1) is 11.3 Å². The molecule has 0 amide bonds. The third-order valence-electron chi connectivity index (χ3n) is 2.63. The second-order valence-electron chi connectivity index (χ2n) is 3.97. The van der Waals surface area contributed by atoms with Gasteiger partial charge >= 0.3 is 5.97 Å². The SMILES string of the molecule is Cc1sc(C(=O)O)cc1CNc1ccc(I)cc1Cl. The van der Waals surface area contributed by atoms with Crippen molar-refractivity contribution in [2.75, 3.05) is 5.32 Å². The summed E-state index contributed by atoms with van der Waals surface area (Å²) in [5.74, 6) is -0.883. The molecule has 2 N–H and O–H groups in total. The number of aromatic carboxylic acids is 1. The third-order valence-corrected chi connectivity index (χ3v) is 4.70. The molecule has 1 heterocycles. The Kier molecular flexibility index (Phi) is 4.70. The molecule has 0 aliphatic heterocycles. The van der Waals surface area contributed by atoms with Gasteiger partial charge in [-0.1, -0.05) is 11.6 Å². The maximum Gasteiger partial charge on any atom is 0.345 e. The topological polar surface area (TPSA) is 49.3 Å². The van der Waals surface area contributed by atoms with Crippen LogP contribution in [0.25, 0.3) is 0 Å². The molecule has 2 aromatic rings. The molecule has 0 spiro atoms. The first kappa shape index (κ1) is 14.6. The van der Waals surface area contributed by atoms with Gasteiger partial charge in [-0.05, 0) is 59.3 Å². The fourth-order valence-corrected chi connectivity index (χ4v) is 3.43. The van der Waals surface area contributed by atoms with Crippen LogP contribution in [0.2, 0.25) is 5.02 Å². The summed E-state index contributed by atoms with van der Waals surface area (Å²) in [7, 11) is 0. The Morgan fingerprint density at radius 3 is 2.79 bits per heavy atom. The Labute approximate surface area is 133 Å². The van der Waals surface area contributed by atoms with Crippen molar-refractivity contribution in [3.05, 3.63) is 48.2 Å². The van der Waals surface area contributed by atoms with Crippen LogP contribution in [0, 0.1) is 10.5 Å². The van der Waals surface area contributed by atoms with E-state index in [-0.39, 0.29) is 0 Å². The van der Waals surface area contributed by atoms with Crippen LogP contribution < -0.4 is 5.32 Å². The van der Waals surface area contributed by atoms with Crippen LogP contribution in [-0.4, -0.2) is 11.1 Å². The molecule has 0 saturated heterocycles. The van der Waals surface area contributed by atoms with E-state index >= 15 is 0 Å². The second-order valence-corrected chi connectivity index (χ2v) is 6.88. The van der Waals surface area contributed by atoms with Gasteiger partial charge in [0.2, 0.25) is 0 Å². The third kappa shape index (κ3) is 3.61. The van der Waals surface area contributed by atoms with E-state index < -0.39 is 5.97 Å². The van der Waals surface area contributed by atoms with E-state index in [9.17, 15) is 4.79 Å². The molecule has 0 saturated carbocycles. The number of hydrogen-bond acceptors (Lipinski definition) is 3. The van der Waals surface area contributed by atoms with Crippen LogP contribution in [0.1, 0.15) is 20.1 Å². The molecule has 0 aliphatic rings. The van der Waals surface area contributed by atoms with Crippen LogP contribution >= 0.6 is 45.5 Å². The van der Waals surface area contributed by atoms with Gasteiger partial charge in [-0.25, -0.2) is 4.79 Å². The predicted octanol–water partition coefficient (Wildman–Crippen LogP) is 4.62. The molecule has 3 nitrogen and oxygen atoms in total. The molecule has 100 valence electrons. The summed E-state index contributed by atoms with van der Waals surface area (Å²) in [4.78, 5) is 12.3. The summed E-state index contributed by atoms with van der Waals surface area (Å²) in [5.41, 5.74) is 1.83. The van der Waals surface area contributed by atoms with Crippen molar-refractivity contribution in [3.8, 4) is 0 Å². The maximum atomic E-state index is 10.9. The normalized spacial score (nSPS) is 10.5. The number of rotatable bonds is 4. The average Bonchev–Trinajstić information content (AvgIpc) is 2.70. The summed E-state index contributed by atoms with van der Waals surface area (Å²) in [6, 6.07) is 7.48. The zero-order chi connectivity index (χ0) is 14.0. The summed E-state index contributed by atoms with van der Waals surface area (Å²) in [5, 5.41) is 12.8. The first-order valence-corrected chi connectivity index (χ1v) is 7.76. The van der Waals surface area contributed by atoms with Crippen molar-refractivity contribution in [3.63, 3.8) is 0 Å². The standard InChI is InChI=1S/C13H11ClINO2S/c1-7-8(4-12(19-7)13(17)18)6-16-11-3-2-9(15)5-10(11)14/h2-5,16H,6H2,1H3,(H,17,18). The van der Waals surface area contributed by atoms with E-state index in [0.717, 1.165) is 19.7 Å². The van der Waals surface area contributed by atoms with Crippen LogP contribution in [0.4, 0.5) is 5.69 Å². The number of aryl methyl sites for hydroxylation is 1. The lowest BCUT2D eigenvalue weighted by Crippen LogP contribution is -2.00. The molecule has 1 aromatic carbocycles. The van der Waals surface area contributed by atoms with E-state index in [0.29, 0.717) is 16.4 Å². The highest BCUT2D eigenvalue weighted by atomic mass is 127. The van der Waals surface area contributed by atoms with Gasteiger partial charge in [-0.2, -0.15) is 0 Å². The molecule has 0 radical (unpaired) electrons. The first-order valence-electron chi connectivity index (χ1n) is 5.49. The number of carbonyl (C=O) groups is 1. The number of thiophene rings is 1. The Balaban J connectivity index is 2.12. The molecule has 0 bridgehead atoms. The van der Waals surface area contributed by atoms with E-state index in [1.165, 1.54) is 11.3 Å². The first-order chi connectivity index (χ1) is 8.97. The van der Waals surface area contributed by atoms with Gasteiger partial charge in [0.1, 0.15) is 4.88 Å². The zero-order valence-corrected chi connectivity index (χ0v) is 13.8. The van der Waals surface area contributed by atoms with Gasteiger partial charge in [0.15, 0.2) is 0 Å². The van der Waals surface area contributed by atoms with Crippen molar-refractivity contribution < 1.29 is 9.90 Å². The van der Waals surface area contributed by atoms with Crippen molar-refractivity contribution in [1.29, 1.82) is 0 Å². The predicted molar refractivity (Wildman–Crippen MR) is 87.5 cm³/mol. The number of anilines is 1. The number of carboxylic acids is 1. The molecule has 0 unspecified atom stereocenters. The average molecular weight is 408 g/mol. The lowest BCUT2D eigenvalue weighted by molar-refractivity contribution is 0.0702. The second kappa shape index (κ2) is 6.11. The van der Waals surface area contributed by atoms with Gasteiger partial charge in [-0.3, -0.25) is 0 Å². The summed E-state index contributed by atoms with van der Waals surface area (Å²) in [6.45, 7) is 2.49. The number of hydrogen-bond donors (Lipinski definition) is 2. The van der Waals surface area contributed by atoms with Gasteiger partial charge in [0.05, 0.1) is 10.7 Å². The smallest absolute Gasteiger partial charge is 0.345 e. The largest absolute Gasteiger partial charge is 0.477 e.